The Morgan fingerprint density at radius 3 is 2.13 bits per heavy atom. The van der Waals surface area contributed by atoms with Crippen LogP contribution in [-0.2, 0) is 19.0 Å². The number of hydrogen-bond acceptors (Lipinski definition) is 6. The van der Waals surface area contributed by atoms with E-state index in [0.717, 1.165) is 0 Å². The average molecular weight is 416 g/mol. The van der Waals surface area contributed by atoms with Crippen LogP contribution in [0.2, 0.25) is 0 Å². The van der Waals surface area contributed by atoms with E-state index in [0.29, 0.717) is 16.5 Å². The molecule has 2 aromatic rings. The number of methoxy groups -OCH3 is 1. The predicted molar refractivity (Wildman–Crippen MR) is 113 cm³/mol. The molecule has 1 aromatic carbocycles. The van der Waals surface area contributed by atoms with Crippen LogP contribution in [0.1, 0.15) is 47.1 Å². The van der Waals surface area contributed by atoms with E-state index in [1.807, 2.05) is 0 Å². The highest BCUT2D eigenvalue weighted by atomic mass is 16.6. The summed E-state index contributed by atoms with van der Waals surface area (Å²) in [5.41, 5.74) is -0.419. The molecule has 1 heterocycles. The Hall–Kier alpha value is -3.29. The number of nitrogens with one attached hydrogen (secondary N) is 1. The van der Waals surface area contributed by atoms with Crippen molar-refractivity contribution in [3.8, 4) is 0 Å². The summed E-state index contributed by atoms with van der Waals surface area (Å²) in [7, 11) is 1.21. The number of fused-ring (bicyclic) bond motifs is 1. The van der Waals surface area contributed by atoms with Crippen LogP contribution in [0, 0.1) is 0 Å². The molecule has 2 rings (SSSR count). The maximum Gasteiger partial charge on any atom is 0.419 e. The van der Waals surface area contributed by atoms with Crippen molar-refractivity contribution in [2.75, 3.05) is 7.11 Å². The van der Waals surface area contributed by atoms with Gasteiger partial charge in [-0.15, -0.1) is 0 Å². The van der Waals surface area contributed by atoms with E-state index in [1.165, 1.54) is 17.8 Å². The molecule has 0 aliphatic carbocycles. The van der Waals surface area contributed by atoms with Gasteiger partial charge in [-0.2, -0.15) is 0 Å². The number of carbonyl (C=O) groups excluding carboxylic acids is 3. The van der Waals surface area contributed by atoms with Gasteiger partial charge in [-0.1, -0.05) is 18.2 Å². The first kappa shape index (κ1) is 23.0. The maximum atomic E-state index is 12.6. The lowest BCUT2D eigenvalue weighted by Gasteiger charge is -2.20. The fourth-order valence-electron chi connectivity index (χ4n) is 2.61. The van der Waals surface area contributed by atoms with Crippen LogP contribution >= 0.6 is 0 Å². The first-order chi connectivity index (χ1) is 13.8. The SMILES string of the molecule is COC(=O)/C(=C/c1cn(C(=O)OC(C)(C)C)c2ccccc12)NC(=O)OC(C)(C)C. The zero-order valence-corrected chi connectivity index (χ0v) is 18.4. The summed E-state index contributed by atoms with van der Waals surface area (Å²) < 4.78 is 16.8. The molecule has 1 aromatic heterocycles. The second-order valence-corrected chi connectivity index (χ2v) is 8.63. The molecule has 0 bridgehead atoms. The number of alkyl carbamates (subject to hydrolysis) is 1. The van der Waals surface area contributed by atoms with E-state index in [2.05, 4.69) is 5.32 Å². The Balaban J connectivity index is 2.50. The summed E-state index contributed by atoms with van der Waals surface area (Å²) in [4.78, 5) is 37.0. The second kappa shape index (κ2) is 8.61. The van der Waals surface area contributed by atoms with Crippen molar-refractivity contribution in [2.45, 2.75) is 52.7 Å². The largest absolute Gasteiger partial charge is 0.464 e. The van der Waals surface area contributed by atoms with Crippen LogP contribution in [0.3, 0.4) is 0 Å². The van der Waals surface area contributed by atoms with Crippen molar-refractivity contribution in [3.05, 3.63) is 41.7 Å². The molecule has 0 radical (unpaired) electrons. The van der Waals surface area contributed by atoms with Gasteiger partial charge in [0.05, 0.1) is 12.6 Å². The van der Waals surface area contributed by atoms with Gasteiger partial charge in [0.2, 0.25) is 0 Å². The smallest absolute Gasteiger partial charge is 0.419 e. The van der Waals surface area contributed by atoms with E-state index in [-0.39, 0.29) is 5.70 Å². The van der Waals surface area contributed by atoms with Gasteiger partial charge in [-0.25, -0.2) is 14.4 Å². The highest BCUT2D eigenvalue weighted by molar-refractivity contribution is 6.01. The van der Waals surface area contributed by atoms with Gasteiger partial charge in [-0.05, 0) is 53.7 Å². The van der Waals surface area contributed by atoms with Gasteiger partial charge in [0, 0.05) is 17.1 Å². The van der Waals surface area contributed by atoms with Gasteiger partial charge < -0.3 is 14.2 Å². The van der Waals surface area contributed by atoms with Crippen LogP contribution in [0.25, 0.3) is 17.0 Å². The van der Waals surface area contributed by atoms with Crippen molar-refractivity contribution in [1.29, 1.82) is 0 Å². The Labute approximate surface area is 175 Å². The summed E-state index contributed by atoms with van der Waals surface area (Å²) in [6, 6.07) is 7.15. The number of rotatable bonds is 3. The summed E-state index contributed by atoms with van der Waals surface area (Å²) in [6.45, 7) is 10.5. The van der Waals surface area contributed by atoms with E-state index >= 15 is 0 Å². The van der Waals surface area contributed by atoms with E-state index in [1.54, 1.807) is 72.0 Å². The van der Waals surface area contributed by atoms with Crippen molar-refractivity contribution < 1.29 is 28.6 Å². The highest BCUT2D eigenvalue weighted by Gasteiger charge is 2.23. The minimum absolute atomic E-state index is 0.126. The first-order valence-electron chi connectivity index (χ1n) is 9.44. The molecule has 1 N–H and O–H groups in total. The summed E-state index contributed by atoms with van der Waals surface area (Å²) in [5, 5.41) is 3.10. The number of ether oxygens (including phenoxy) is 3. The molecule has 0 spiro atoms. The number of nitrogens with zero attached hydrogens (tertiary/aromatic N) is 1. The molecule has 0 saturated carbocycles. The van der Waals surface area contributed by atoms with Gasteiger partial charge in [0.1, 0.15) is 16.9 Å². The third kappa shape index (κ3) is 6.10. The van der Waals surface area contributed by atoms with Crippen molar-refractivity contribution in [3.63, 3.8) is 0 Å². The number of benzene rings is 1. The Morgan fingerprint density at radius 2 is 1.57 bits per heavy atom. The Bertz CT molecular complexity index is 989. The van der Waals surface area contributed by atoms with Crippen LogP contribution in [0.4, 0.5) is 9.59 Å². The number of hydrogen-bond donors (Lipinski definition) is 1. The van der Waals surface area contributed by atoms with Gasteiger partial charge in [0.15, 0.2) is 0 Å². The molecule has 162 valence electrons. The highest BCUT2D eigenvalue weighted by Crippen LogP contribution is 2.25. The van der Waals surface area contributed by atoms with Crippen LogP contribution in [0.15, 0.2) is 36.2 Å². The van der Waals surface area contributed by atoms with Crippen molar-refractivity contribution in [1.82, 2.24) is 9.88 Å². The maximum absolute atomic E-state index is 12.6. The lowest BCUT2D eigenvalue weighted by atomic mass is 10.1. The molecule has 8 heteroatoms. The van der Waals surface area contributed by atoms with E-state index in [9.17, 15) is 14.4 Å². The second-order valence-electron chi connectivity index (χ2n) is 8.63. The quantitative estimate of drug-likeness (QED) is 0.451. The number of amides is 1. The molecule has 0 unspecified atom stereocenters. The Morgan fingerprint density at radius 1 is 0.967 bits per heavy atom. The first-order valence-corrected chi connectivity index (χ1v) is 9.44. The summed E-state index contributed by atoms with van der Waals surface area (Å²) >= 11 is 0. The molecule has 8 nitrogen and oxygen atoms in total. The fourth-order valence-corrected chi connectivity index (χ4v) is 2.61. The number of carbonyl (C=O) groups is 3. The normalized spacial score (nSPS) is 12.4. The van der Waals surface area contributed by atoms with Crippen LogP contribution in [0.5, 0.6) is 0 Å². The molecule has 1 amide bonds. The average Bonchev–Trinajstić information content (AvgIpc) is 2.96. The fraction of sp³-hybridized carbons (Fsp3) is 0.409. The van der Waals surface area contributed by atoms with Crippen molar-refractivity contribution in [2.24, 2.45) is 0 Å². The number of aromatic nitrogens is 1. The lowest BCUT2D eigenvalue weighted by molar-refractivity contribution is -0.136. The summed E-state index contributed by atoms with van der Waals surface area (Å²) in [5.74, 6) is -0.755. The van der Waals surface area contributed by atoms with Crippen LogP contribution < -0.4 is 5.32 Å². The zero-order valence-electron chi connectivity index (χ0n) is 18.4. The van der Waals surface area contributed by atoms with Gasteiger partial charge in [-0.3, -0.25) is 9.88 Å². The summed E-state index contributed by atoms with van der Waals surface area (Å²) in [6.07, 6.45) is 1.62. The third-order valence-corrected chi connectivity index (χ3v) is 3.67. The molecule has 0 fully saturated rings. The minimum Gasteiger partial charge on any atom is -0.464 e. The monoisotopic (exact) mass is 416 g/mol. The zero-order chi connectivity index (χ0) is 22.7. The standard InChI is InChI=1S/C22H28N2O6/c1-21(2,3)29-19(26)23-16(18(25)28-7)12-14-13-24(20(27)30-22(4,5)6)17-11-9-8-10-15(14)17/h8-13H,1-7H3,(H,23,26)/b16-12-. The molecule has 0 aliphatic heterocycles. The van der Waals surface area contributed by atoms with Crippen LogP contribution in [-0.4, -0.2) is 41.0 Å². The number of esters is 1. The van der Waals surface area contributed by atoms with E-state index in [4.69, 9.17) is 14.2 Å². The minimum atomic E-state index is -0.796. The Kier molecular flexibility index (Phi) is 6.60. The lowest BCUT2D eigenvalue weighted by Crippen LogP contribution is -2.34. The molecular weight excluding hydrogens is 388 g/mol. The number of para-hydroxylation sites is 1. The molecule has 0 aliphatic rings. The third-order valence-electron chi connectivity index (χ3n) is 3.67. The molecule has 0 saturated heterocycles. The molecule has 0 atom stereocenters. The molecule has 30 heavy (non-hydrogen) atoms. The van der Waals surface area contributed by atoms with Crippen molar-refractivity contribution >= 4 is 35.1 Å². The predicted octanol–water partition coefficient (Wildman–Crippen LogP) is 4.46. The topological polar surface area (TPSA) is 95.9 Å². The van der Waals surface area contributed by atoms with E-state index < -0.39 is 29.4 Å². The van der Waals surface area contributed by atoms with Gasteiger partial charge in [0.25, 0.3) is 0 Å². The van der Waals surface area contributed by atoms with Gasteiger partial charge >= 0.3 is 18.2 Å². The molecular formula is C22H28N2O6.